The number of furan rings is 1. The molecule has 2 aromatic heterocycles. The number of aromatic nitrogens is 2. The van der Waals surface area contributed by atoms with Gasteiger partial charge in [-0.25, -0.2) is 4.98 Å². The molecule has 3 saturated heterocycles. The van der Waals surface area contributed by atoms with Crippen molar-refractivity contribution in [2.24, 2.45) is 0 Å². The molecule has 208 valence electrons. The van der Waals surface area contributed by atoms with E-state index >= 15 is 0 Å². The highest BCUT2D eigenvalue weighted by molar-refractivity contribution is 5.91. The van der Waals surface area contributed by atoms with Crippen molar-refractivity contribution in [2.75, 3.05) is 19.6 Å². The molecule has 0 N–H and O–H groups in total. The zero-order valence-electron chi connectivity index (χ0n) is 23.5. The summed E-state index contributed by atoms with van der Waals surface area (Å²) >= 11 is 0. The smallest absolute Gasteiger partial charge is 0.289 e. The third kappa shape index (κ3) is 4.56. The Bertz CT molecular complexity index is 1440. The molecule has 2 bridgehead atoms. The van der Waals surface area contributed by atoms with E-state index in [4.69, 9.17) is 9.40 Å². The first-order valence-corrected chi connectivity index (χ1v) is 15.2. The Morgan fingerprint density at radius 3 is 2.38 bits per heavy atom. The van der Waals surface area contributed by atoms with Gasteiger partial charge in [-0.3, -0.25) is 9.69 Å². The van der Waals surface area contributed by atoms with Crippen molar-refractivity contribution < 1.29 is 9.21 Å². The van der Waals surface area contributed by atoms with Crippen molar-refractivity contribution in [2.45, 2.75) is 81.8 Å². The zero-order chi connectivity index (χ0) is 27.1. The molecule has 6 nitrogen and oxygen atoms in total. The molecule has 3 aliphatic rings. The Kier molecular flexibility index (Phi) is 6.74. The Balaban J connectivity index is 1.02. The van der Waals surface area contributed by atoms with E-state index < -0.39 is 0 Å². The fourth-order valence-corrected chi connectivity index (χ4v) is 8.22. The molecule has 0 saturated carbocycles. The average molecular weight is 537 g/mol. The molecule has 4 aromatic rings. The van der Waals surface area contributed by atoms with Gasteiger partial charge >= 0.3 is 0 Å². The van der Waals surface area contributed by atoms with E-state index in [1.54, 1.807) is 18.4 Å². The first kappa shape index (κ1) is 25.6. The molecule has 1 unspecified atom stereocenters. The molecule has 3 fully saturated rings. The third-order valence-electron chi connectivity index (χ3n) is 10.2. The van der Waals surface area contributed by atoms with Gasteiger partial charge in [0.1, 0.15) is 5.82 Å². The molecule has 3 atom stereocenters. The van der Waals surface area contributed by atoms with Gasteiger partial charge in [0.15, 0.2) is 5.76 Å². The second kappa shape index (κ2) is 10.5. The van der Waals surface area contributed by atoms with Crippen molar-refractivity contribution in [1.29, 1.82) is 0 Å². The lowest BCUT2D eigenvalue weighted by molar-refractivity contribution is 0.0612. The Labute approximate surface area is 237 Å². The molecular formula is C34H40N4O2. The number of carbonyl (C=O) groups is 1. The summed E-state index contributed by atoms with van der Waals surface area (Å²) in [7, 11) is 0. The Morgan fingerprint density at radius 1 is 0.925 bits per heavy atom. The Hall–Kier alpha value is -3.38. The summed E-state index contributed by atoms with van der Waals surface area (Å²) < 4.78 is 7.93. The zero-order valence-corrected chi connectivity index (χ0v) is 23.5. The van der Waals surface area contributed by atoms with Crippen LogP contribution in [0.4, 0.5) is 0 Å². The maximum atomic E-state index is 12.9. The molecule has 7 rings (SSSR count). The van der Waals surface area contributed by atoms with Gasteiger partial charge in [0.25, 0.3) is 5.91 Å². The van der Waals surface area contributed by atoms with E-state index in [0.717, 1.165) is 37.3 Å². The number of likely N-dealkylation sites (tertiary alicyclic amines) is 1. The van der Waals surface area contributed by atoms with Crippen LogP contribution in [0.15, 0.2) is 77.4 Å². The molecule has 6 heteroatoms. The van der Waals surface area contributed by atoms with Gasteiger partial charge < -0.3 is 13.9 Å². The van der Waals surface area contributed by atoms with E-state index in [-0.39, 0.29) is 11.3 Å². The van der Waals surface area contributed by atoms with Crippen molar-refractivity contribution >= 4 is 16.9 Å². The highest BCUT2D eigenvalue weighted by atomic mass is 16.3. The quantitative estimate of drug-likeness (QED) is 0.262. The molecule has 0 radical (unpaired) electrons. The lowest BCUT2D eigenvalue weighted by atomic mass is 9.69. The van der Waals surface area contributed by atoms with Gasteiger partial charge in [0.05, 0.1) is 17.3 Å². The molecule has 2 aromatic carbocycles. The lowest BCUT2D eigenvalue weighted by Crippen LogP contribution is -2.46. The first-order chi connectivity index (χ1) is 19.6. The van der Waals surface area contributed by atoms with Gasteiger partial charge in [-0.1, -0.05) is 42.5 Å². The van der Waals surface area contributed by atoms with Gasteiger partial charge in [-0.15, -0.1) is 0 Å². The van der Waals surface area contributed by atoms with Gasteiger partial charge in [-0.05, 0) is 100 Å². The Morgan fingerprint density at radius 2 is 1.65 bits per heavy atom. The normalized spacial score (nSPS) is 24.5. The van der Waals surface area contributed by atoms with Crippen molar-refractivity contribution in [3.8, 4) is 0 Å². The number of fused-ring (bicyclic) bond motifs is 3. The monoisotopic (exact) mass is 536 g/mol. The molecule has 0 spiro atoms. The van der Waals surface area contributed by atoms with Crippen LogP contribution in [-0.2, 0) is 5.41 Å². The van der Waals surface area contributed by atoms with Crippen LogP contribution in [-0.4, -0.2) is 57.0 Å². The largest absolute Gasteiger partial charge is 0.459 e. The fourth-order valence-electron chi connectivity index (χ4n) is 8.22. The molecular weight excluding hydrogens is 496 g/mol. The number of aryl methyl sites for hydroxylation is 1. The second-order valence-corrected chi connectivity index (χ2v) is 12.3. The molecule has 40 heavy (non-hydrogen) atoms. The number of piperidine rings is 2. The highest BCUT2D eigenvalue weighted by Gasteiger charge is 2.43. The van der Waals surface area contributed by atoms with E-state index in [2.05, 4.69) is 71.0 Å². The van der Waals surface area contributed by atoms with Crippen LogP contribution in [0.5, 0.6) is 0 Å². The van der Waals surface area contributed by atoms with Gasteiger partial charge in [0.2, 0.25) is 0 Å². The molecule has 1 amide bonds. The van der Waals surface area contributed by atoms with Crippen molar-refractivity contribution in [3.63, 3.8) is 0 Å². The summed E-state index contributed by atoms with van der Waals surface area (Å²) in [6.45, 7) is 4.91. The molecule has 0 aliphatic carbocycles. The van der Waals surface area contributed by atoms with Crippen LogP contribution < -0.4 is 0 Å². The number of hydrogen-bond donors (Lipinski definition) is 0. The van der Waals surface area contributed by atoms with Crippen LogP contribution >= 0.6 is 0 Å². The SMILES string of the molecule is Cc1nc2ccccc2n1C1C[C@H]2CC[C@@H](C1)N2CCCC1(c2ccccc2)CCN(C(=O)c2ccco2)CC1. The summed E-state index contributed by atoms with van der Waals surface area (Å²) in [6.07, 6.45) is 11.1. The second-order valence-electron chi connectivity index (χ2n) is 12.3. The molecule has 3 aliphatic heterocycles. The average Bonchev–Trinajstić information content (AvgIpc) is 3.70. The highest BCUT2D eigenvalue weighted by Crippen LogP contribution is 2.44. The summed E-state index contributed by atoms with van der Waals surface area (Å²) in [5.41, 5.74) is 3.98. The van der Waals surface area contributed by atoms with Crippen molar-refractivity contribution in [3.05, 3.63) is 90.1 Å². The minimum Gasteiger partial charge on any atom is -0.459 e. The summed E-state index contributed by atoms with van der Waals surface area (Å²) in [5.74, 6) is 1.62. The van der Waals surface area contributed by atoms with E-state index in [1.165, 1.54) is 56.1 Å². The predicted octanol–water partition coefficient (Wildman–Crippen LogP) is 6.76. The third-order valence-corrected chi connectivity index (χ3v) is 10.2. The number of imidazole rings is 1. The van der Waals surface area contributed by atoms with Gasteiger partial charge in [-0.2, -0.15) is 0 Å². The standard InChI is InChI=1S/C34H40N4O2/c1-25-35-30-11-5-6-12-31(30)38(25)29-23-27-14-15-28(24-29)37(27)19-8-16-34(26-9-3-2-4-10-26)17-20-36(21-18-34)33(39)32-13-7-22-40-32/h2-7,9-13,22,27-29H,8,14-21,23-24H2,1H3/t27-,28+,29?. The number of para-hydroxylation sites is 2. The molecule has 5 heterocycles. The lowest BCUT2D eigenvalue weighted by Gasteiger charge is -2.44. The van der Waals surface area contributed by atoms with Crippen LogP contribution in [0, 0.1) is 6.92 Å². The minimum atomic E-state index is 0.0204. The number of rotatable bonds is 7. The maximum absolute atomic E-state index is 12.9. The van der Waals surface area contributed by atoms with Crippen LogP contribution in [0.3, 0.4) is 0 Å². The van der Waals surface area contributed by atoms with E-state index in [0.29, 0.717) is 23.9 Å². The minimum absolute atomic E-state index is 0.0204. The first-order valence-electron chi connectivity index (χ1n) is 15.2. The summed E-state index contributed by atoms with van der Waals surface area (Å²) in [5, 5.41) is 0. The van der Waals surface area contributed by atoms with Crippen LogP contribution in [0.1, 0.15) is 79.4 Å². The topological polar surface area (TPSA) is 54.5 Å². The van der Waals surface area contributed by atoms with E-state index in [1.807, 2.05) is 4.90 Å². The van der Waals surface area contributed by atoms with Gasteiger partial charge in [0, 0.05) is 31.2 Å². The number of nitrogens with zero attached hydrogens (tertiary/aromatic N) is 4. The predicted molar refractivity (Wildman–Crippen MR) is 157 cm³/mol. The number of carbonyl (C=O) groups excluding carboxylic acids is 1. The maximum Gasteiger partial charge on any atom is 0.289 e. The number of benzene rings is 2. The number of hydrogen-bond acceptors (Lipinski definition) is 4. The summed E-state index contributed by atoms with van der Waals surface area (Å²) in [4.78, 5) is 22.6. The van der Waals surface area contributed by atoms with Crippen molar-refractivity contribution in [1.82, 2.24) is 19.4 Å². The summed E-state index contributed by atoms with van der Waals surface area (Å²) in [6, 6.07) is 25.1. The fraction of sp³-hybridized carbons (Fsp3) is 0.471. The number of amides is 1. The van der Waals surface area contributed by atoms with E-state index in [9.17, 15) is 4.79 Å². The van der Waals surface area contributed by atoms with Crippen LogP contribution in [0.25, 0.3) is 11.0 Å². The van der Waals surface area contributed by atoms with Crippen LogP contribution in [0.2, 0.25) is 0 Å².